The fourth-order valence-electron chi connectivity index (χ4n) is 2.22. The van der Waals surface area contributed by atoms with Gasteiger partial charge < -0.3 is 0 Å². The van der Waals surface area contributed by atoms with Gasteiger partial charge in [-0.3, -0.25) is 0 Å². The molecule has 0 atom stereocenters. The van der Waals surface area contributed by atoms with Crippen LogP contribution in [-0.4, -0.2) is 0 Å². The van der Waals surface area contributed by atoms with Gasteiger partial charge in [0.1, 0.15) is 0 Å². The van der Waals surface area contributed by atoms with E-state index in [4.69, 9.17) is 0 Å². The number of hydrogen-bond donors (Lipinski definition) is 0. The molecule has 0 amide bonds. The summed E-state index contributed by atoms with van der Waals surface area (Å²) in [5.74, 6) is 7.49. The lowest BCUT2D eigenvalue weighted by Crippen LogP contribution is -2.08. The third-order valence-corrected chi connectivity index (χ3v) is 3.43. The van der Waals surface area contributed by atoms with Crippen LogP contribution in [0, 0.1) is 23.2 Å². The minimum Gasteiger partial charge on any atom is -0.0923 e. The summed E-state index contributed by atoms with van der Waals surface area (Å²) in [7, 11) is 0. The molecule has 1 aliphatic rings. The fraction of sp³-hybridized carbons (Fsp3) is 0.750. The second kappa shape index (κ2) is 5.58. The van der Waals surface area contributed by atoms with E-state index < -0.39 is 0 Å². The van der Waals surface area contributed by atoms with Crippen molar-refractivity contribution in [2.75, 3.05) is 0 Å². The molecular formula is C16H26. The van der Waals surface area contributed by atoms with Crippen LogP contribution in [0.3, 0.4) is 0 Å². The predicted molar refractivity (Wildman–Crippen MR) is 72.2 cm³/mol. The maximum Gasteiger partial charge on any atom is 0.0233 e. The highest BCUT2D eigenvalue weighted by Gasteiger charge is 2.16. The van der Waals surface area contributed by atoms with E-state index in [2.05, 4.69) is 46.5 Å². The third-order valence-electron chi connectivity index (χ3n) is 3.43. The smallest absolute Gasteiger partial charge is 0.0233 e. The van der Waals surface area contributed by atoms with Gasteiger partial charge in [0.15, 0.2) is 0 Å². The lowest BCUT2D eigenvalue weighted by Gasteiger charge is -2.23. The number of allylic oxidation sites excluding steroid dienone is 2. The highest BCUT2D eigenvalue weighted by Crippen LogP contribution is 2.30. The van der Waals surface area contributed by atoms with Gasteiger partial charge in [-0.15, -0.1) is 0 Å². The zero-order valence-corrected chi connectivity index (χ0v) is 11.6. The van der Waals surface area contributed by atoms with Crippen molar-refractivity contribution in [3.05, 3.63) is 11.1 Å². The molecular weight excluding hydrogens is 192 g/mol. The Morgan fingerprint density at radius 2 is 1.56 bits per heavy atom. The zero-order chi connectivity index (χ0) is 12.2. The van der Waals surface area contributed by atoms with Gasteiger partial charge in [0.05, 0.1) is 0 Å². The van der Waals surface area contributed by atoms with Crippen molar-refractivity contribution >= 4 is 0 Å². The van der Waals surface area contributed by atoms with Crippen LogP contribution in [0.2, 0.25) is 0 Å². The summed E-state index contributed by atoms with van der Waals surface area (Å²) in [6.45, 7) is 11.0. The normalized spacial score (nSPS) is 19.8. The average molecular weight is 218 g/mol. The van der Waals surface area contributed by atoms with E-state index in [0.717, 1.165) is 5.92 Å². The molecule has 1 fully saturated rings. The van der Waals surface area contributed by atoms with Gasteiger partial charge in [-0.25, -0.2) is 0 Å². The molecule has 0 saturated heterocycles. The summed E-state index contributed by atoms with van der Waals surface area (Å²) in [4.78, 5) is 0. The maximum atomic E-state index is 3.35. The summed E-state index contributed by atoms with van der Waals surface area (Å²) in [5, 5.41) is 0. The molecule has 0 aromatic rings. The maximum absolute atomic E-state index is 3.35. The molecule has 0 heterocycles. The molecule has 0 bridgehead atoms. The molecule has 0 nitrogen and oxygen atoms in total. The molecule has 0 aromatic heterocycles. The minimum absolute atomic E-state index is 0.119. The van der Waals surface area contributed by atoms with Gasteiger partial charge in [0, 0.05) is 5.41 Å². The first-order chi connectivity index (χ1) is 7.40. The molecule has 1 saturated carbocycles. The van der Waals surface area contributed by atoms with E-state index in [0.29, 0.717) is 0 Å². The number of rotatable bonds is 1. The van der Waals surface area contributed by atoms with Crippen LogP contribution in [0.15, 0.2) is 11.1 Å². The Kier molecular flexibility index (Phi) is 4.66. The molecule has 0 radical (unpaired) electrons. The molecule has 0 heteroatoms. The Balaban J connectivity index is 2.73. The molecule has 1 rings (SSSR count). The summed E-state index contributed by atoms with van der Waals surface area (Å²) in [6.07, 6.45) is 6.99. The zero-order valence-electron chi connectivity index (χ0n) is 11.6. The SMILES string of the molecule is CC(C#CC(C)(C)C)=C(C)C1CCCCC1. The van der Waals surface area contributed by atoms with E-state index in [1.165, 1.54) is 43.3 Å². The fourth-order valence-corrected chi connectivity index (χ4v) is 2.22. The van der Waals surface area contributed by atoms with Crippen molar-refractivity contribution in [2.24, 2.45) is 11.3 Å². The van der Waals surface area contributed by atoms with Crippen LogP contribution in [0.4, 0.5) is 0 Å². The molecule has 0 spiro atoms. The van der Waals surface area contributed by atoms with Crippen molar-refractivity contribution in [1.29, 1.82) is 0 Å². The van der Waals surface area contributed by atoms with Gasteiger partial charge in [0.25, 0.3) is 0 Å². The van der Waals surface area contributed by atoms with E-state index in [1.807, 2.05) is 0 Å². The highest BCUT2D eigenvalue weighted by molar-refractivity contribution is 5.33. The van der Waals surface area contributed by atoms with E-state index >= 15 is 0 Å². The summed E-state index contributed by atoms with van der Waals surface area (Å²) < 4.78 is 0. The second-order valence-electron chi connectivity index (χ2n) is 6.14. The van der Waals surface area contributed by atoms with Crippen LogP contribution in [-0.2, 0) is 0 Å². The first-order valence-corrected chi connectivity index (χ1v) is 6.61. The van der Waals surface area contributed by atoms with Gasteiger partial charge in [-0.1, -0.05) is 36.7 Å². The Bertz CT molecular complexity index is 308. The van der Waals surface area contributed by atoms with E-state index in [-0.39, 0.29) is 5.41 Å². The highest BCUT2D eigenvalue weighted by atomic mass is 14.2. The van der Waals surface area contributed by atoms with Gasteiger partial charge in [-0.2, -0.15) is 0 Å². The Morgan fingerprint density at radius 3 is 2.06 bits per heavy atom. The van der Waals surface area contributed by atoms with E-state index in [1.54, 1.807) is 0 Å². The quantitative estimate of drug-likeness (QED) is 0.546. The largest absolute Gasteiger partial charge is 0.0923 e. The van der Waals surface area contributed by atoms with Crippen molar-refractivity contribution in [1.82, 2.24) is 0 Å². The molecule has 0 N–H and O–H groups in total. The third kappa shape index (κ3) is 4.44. The first kappa shape index (κ1) is 13.4. The Morgan fingerprint density at radius 1 is 1.00 bits per heavy atom. The minimum atomic E-state index is 0.119. The predicted octanol–water partition coefficient (Wildman–Crippen LogP) is 4.95. The van der Waals surface area contributed by atoms with Crippen LogP contribution in [0.5, 0.6) is 0 Å². The molecule has 0 unspecified atom stereocenters. The standard InChI is InChI=1S/C16H26/c1-13(11-12-16(3,4)5)14(2)15-9-7-6-8-10-15/h15H,6-10H2,1-5H3. The van der Waals surface area contributed by atoms with Crippen molar-refractivity contribution in [2.45, 2.75) is 66.7 Å². The lowest BCUT2D eigenvalue weighted by atomic mass is 9.82. The van der Waals surface area contributed by atoms with Crippen LogP contribution < -0.4 is 0 Å². The monoisotopic (exact) mass is 218 g/mol. The summed E-state index contributed by atoms with van der Waals surface area (Å²) in [6, 6.07) is 0. The van der Waals surface area contributed by atoms with E-state index in [9.17, 15) is 0 Å². The summed E-state index contributed by atoms with van der Waals surface area (Å²) in [5.41, 5.74) is 2.96. The average Bonchev–Trinajstić information content (AvgIpc) is 2.25. The summed E-state index contributed by atoms with van der Waals surface area (Å²) >= 11 is 0. The van der Waals surface area contributed by atoms with Crippen molar-refractivity contribution < 1.29 is 0 Å². The lowest BCUT2D eigenvalue weighted by molar-refractivity contribution is 0.401. The molecule has 90 valence electrons. The first-order valence-electron chi connectivity index (χ1n) is 6.61. The number of hydrogen-bond acceptors (Lipinski definition) is 0. The van der Waals surface area contributed by atoms with Crippen LogP contribution >= 0.6 is 0 Å². The van der Waals surface area contributed by atoms with Crippen molar-refractivity contribution in [3.63, 3.8) is 0 Å². The molecule has 0 aromatic carbocycles. The van der Waals surface area contributed by atoms with Crippen LogP contribution in [0.1, 0.15) is 66.7 Å². The van der Waals surface area contributed by atoms with Crippen LogP contribution in [0.25, 0.3) is 0 Å². The van der Waals surface area contributed by atoms with Gasteiger partial charge in [0.2, 0.25) is 0 Å². The van der Waals surface area contributed by atoms with Crippen molar-refractivity contribution in [3.8, 4) is 11.8 Å². The second-order valence-corrected chi connectivity index (χ2v) is 6.14. The Labute approximate surface area is 102 Å². The topological polar surface area (TPSA) is 0 Å². The van der Waals surface area contributed by atoms with Gasteiger partial charge >= 0.3 is 0 Å². The van der Waals surface area contributed by atoms with Gasteiger partial charge in [-0.05, 0) is 59.0 Å². The molecule has 1 aliphatic carbocycles. The Hall–Kier alpha value is -0.700. The molecule has 0 aliphatic heterocycles. The molecule has 16 heavy (non-hydrogen) atoms.